The average Bonchev–Trinajstić information content (AvgIpc) is 2.39. The van der Waals surface area contributed by atoms with E-state index < -0.39 is 8.80 Å². The Balaban J connectivity index is 2.40. The standard InChI is InChI=1S/C12H18Si/c1-9-8-10-6-4-5-7-11(10)12(9)13(2)3/h4-7,9,12-13H,8H2,1-3H3. The van der Waals surface area contributed by atoms with Crippen molar-refractivity contribution in [2.45, 2.75) is 32.0 Å². The highest BCUT2D eigenvalue weighted by Crippen LogP contribution is 2.38. The first kappa shape index (κ1) is 9.01. The summed E-state index contributed by atoms with van der Waals surface area (Å²) >= 11 is 0. The van der Waals surface area contributed by atoms with Crippen LogP contribution in [0.25, 0.3) is 0 Å². The van der Waals surface area contributed by atoms with E-state index in [1.807, 2.05) is 0 Å². The van der Waals surface area contributed by atoms with Gasteiger partial charge in [-0.25, -0.2) is 0 Å². The third-order valence-electron chi connectivity index (χ3n) is 3.29. The molecule has 70 valence electrons. The summed E-state index contributed by atoms with van der Waals surface area (Å²) < 4.78 is 0. The van der Waals surface area contributed by atoms with Crippen molar-refractivity contribution < 1.29 is 0 Å². The fraction of sp³-hybridized carbons (Fsp3) is 0.500. The maximum atomic E-state index is 2.48. The summed E-state index contributed by atoms with van der Waals surface area (Å²) in [5, 5.41) is 0. The Hall–Kier alpha value is -0.563. The molecule has 2 rings (SSSR count). The molecule has 2 atom stereocenters. The first-order chi connectivity index (χ1) is 6.20. The van der Waals surface area contributed by atoms with E-state index in [9.17, 15) is 0 Å². The van der Waals surface area contributed by atoms with Gasteiger partial charge in [0.05, 0.1) is 0 Å². The van der Waals surface area contributed by atoms with Crippen LogP contribution in [0, 0.1) is 5.92 Å². The molecule has 1 aromatic carbocycles. The van der Waals surface area contributed by atoms with E-state index in [4.69, 9.17) is 0 Å². The molecule has 1 aromatic rings. The van der Waals surface area contributed by atoms with Crippen LogP contribution in [-0.2, 0) is 6.42 Å². The molecule has 0 spiro atoms. The summed E-state index contributed by atoms with van der Waals surface area (Å²) in [4.78, 5) is 0. The van der Waals surface area contributed by atoms with Gasteiger partial charge >= 0.3 is 0 Å². The van der Waals surface area contributed by atoms with Crippen LogP contribution in [0.2, 0.25) is 13.1 Å². The zero-order valence-electron chi connectivity index (χ0n) is 8.75. The number of hydrogen-bond donors (Lipinski definition) is 0. The summed E-state index contributed by atoms with van der Waals surface area (Å²) in [7, 11) is -0.518. The zero-order valence-corrected chi connectivity index (χ0v) is 9.90. The number of hydrogen-bond acceptors (Lipinski definition) is 0. The fourth-order valence-electron chi connectivity index (χ4n) is 2.84. The summed E-state index contributed by atoms with van der Waals surface area (Å²) in [6.45, 7) is 7.37. The lowest BCUT2D eigenvalue weighted by molar-refractivity contribution is 0.599. The number of fused-ring (bicyclic) bond motifs is 1. The highest BCUT2D eigenvalue weighted by molar-refractivity contribution is 6.57. The van der Waals surface area contributed by atoms with Gasteiger partial charge in [0.15, 0.2) is 0 Å². The molecule has 13 heavy (non-hydrogen) atoms. The molecule has 0 nitrogen and oxygen atoms in total. The van der Waals surface area contributed by atoms with Crippen LogP contribution in [0.5, 0.6) is 0 Å². The molecule has 1 heteroatoms. The Labute approximate surface area is 82.6 Å². The van der Waals surface area contributed by atoms with Crippen LogP contribution < -0.4 is 0 Å². The van der Waals surface area contributed by atoms with Gasteiger partial charge in [0.2, 0.25) is 0 Å². The minimum absolute atomic E-state index is 0.518. The summed E-state index contributed by atoms with van der Waals surface area (Å²) in [6.07, 6.45) is 1.31. The molecule has 0 saturated heterocycles. The van der Waals surface area contributed by atoms with Gasteiger partial charge in [-0.05, 0) is 29.0 Å². The monoisotopic (exact) mass is 190 g/mol. The second kappa shape index (κ2) is 3.30. The molecule has 0 N–H and O–H groups in total. The van der Waals surface area contributed by atoms with Crippen LogP contribution in [0.15, 0.2) is 24.3 Å². The first-order valence-electron chi connectivity index (χ1n) is 5.28. The van der Waals surface area contributed by atoms with E-state index >= 15 is 0 Å². The quantitative estimate of drug-likeness (QED) is 0.597. The van der Waals surface area contributed by atoms with Crippen LogP contribution in [0.3, 0.4) is 0 Å². The van der Waals surface area contributed by atoms with E-state index in [-0.39, 0.29) is 0 Å². The van der Waals surface area contributed by atoms with Crippen molar-refractivity contribution in [3.63, 3.8) is 0 Å². The van der Waals surface area contributed by atoms with Gasteiger partial charge in [-0.15, -0.1) is 0 Å². The second-order valence-corrected chi connectivity index (χ2v) is 7.86. The minimum atomic E-state index is -0.518. The molecule has 0 saturated carbocycles. The van der Waals surface area contributed by atoms with Crippen molar-refractivity contribution in [1.82, 2.24) is 0 Å². The Morgan fingerprint density at radius 1 is 1.23 bits per heavy atom. The molecule has 0 fully saturated rings. The van der Waals surface area contributed by atoms with Crippen molar-refractivity contribution in [2.24, 2.45) is 5.92 Å². The van der Waals surface area contributed by atoms with Crippen LogP contribution in [-0.4, -0.2) is 8.80 Å². The molecular weight excluding hydrogens is 172 g/mol. The predicted molar refractivity (Wildman–Crippen MR) is 60.9 cm³/mol. The SMILES string of the molecule is CC1Cc2ccccc2C1[SiH](C)C. The third kappa shape index (κ3) is 1.46. The lowest BCUT2D eigenvalue weighted by Crippen LogP contribution is -2.19. The summed E-state index contributed by atoms with van der Waals surface area (Å²) in [5.74, 6) is 0.893. The lowest BCUT2D eigenvalue weighted by Gasteiger charge is -2.19. The second-order valence-electron chi connectivity index (χ2n) is 4.65. The van der Waals surface area contributed by atoms with E-state index in [1.165, 1.54) is 6.42 Å². The average molecular weight is 190 g/mol. The van der Waals surface area contributed by atoms with Gasteiger partial charge in [0.25, 0.3) is 0 Å². The fourth-order valence-corrected chi connectivity index (χ4v) is 5.34. The number of rotatable bonds is 1. The molecule has 1 aliphatic carbocycles. The predicted octanol–water partition coefficient (Wildman–Crippen LogP) is 2.99. The molecule has 0 radical (unpaired) electrons. The van der Waals surface area contributed by atoms with Gasteiger partial charge in [-0.1, -0.05) is 44.3 Å². The van der Waals surface area contributed by atoms with Gasteiger partial charge in [-0.3, -0.25) is 0 Å². The normalized spacial score (nSPS) is 26.5. The largest absolute Gasteiger partial charge is 0.0717 e. The van der Waals surface area contributed by atoms with E-state index in [0.717, 1.165) is 11.5 Å². The van der Waals surface area contributed by atoms with Gasteiger partial charge < -0.3 is 0 Å². The first-order valence-corrected chi connectivity index (χ1v) is 8.25. The van der Waals surface area contributed by atoms with Crippen LogP contribution in [0.1, 0.15) is 23.6 Å². The van der Waals surface area contributed by atoms with Crippen molar-refractivity contribution in [3.8, 4) is 0 Å². The van der Waals surface area contributed by atoms with E-state index in [2.05, 4.69) is 44.3 Å². The Bertz CT molecular complexity index is 304. The molecule has 0 aliphatic heterocycles. The Kier molecular flexibility index (Phi) is 2.29. The zero-order chi connectivity index (χ0) is 9.42. The van der Waals surface area contributed by atoms with Crippen molar-refractivity contribution >= 4 is 8.80 Å². The summed E-state index contributed by atoms with van der Waals surface area (Å²) in [6, 6.07) is 9.02. The highest BCUT2D eigenvalue weighted by Gasteiger charge is 2.31. The van der Waals surface area contributed by atoms with Crippen molar-refractivity contribution in [1.29, 1.82) is 0 Å². The van der Waals surface area contributed by atoms with E-state index in [0.29, 0.717) is 0 Å². The lowest BCUT2D eigenvalue weighted by atomic mass is 10.1. The van der Waals surface area contributed by atoms with Crippen LogP contribution in [0.4, 0.5) is 0 Å². The smallest absolute Gasteiger partial charge is 0.0391 e. The molecule has 0 aromatic heterocycles. The third-order valence-corrected chi connectivity index (χ3v) is 5.74. The molecule has 0 bridgehead atoms. The van der Waals surface area contributed by atoms with Crippen LogP contribution >= 0.6 is 0 Å². The Morgan fingerprint density at radius 2 is 1.92 bits per heavy atom. The number of benzene rings is 1. The topological polar surface area (TPSA) is 0 Å². The van der Waals surface area contributed by atoms with Gasteiger partial charge in [0, 0.05) is 8.80 Å². The maximum absolute atomic E-state index is 2.48. The Morgan fingerprint density at radius 3 is 2.62 bits per heavy atom. The molecular formula is C12H18Si. The van der Waals surface area contributed by atoms with Gasteiger partial charge in [0.1, 0.15) is 0 Å². The van der Waals surface area contributed by atoms with Gasteiger partial charge in [-0.2, -0.15) is 0 Å². The van der Waals surface area contributed by atoms with E-state index in [1.54, 1.807) is 11.1 Å². The summed E-state index contributed by atoms with van der Waals surface area (Å²) in [5.41, 5.74) is 4.20. The van der Waals surface area contributed by atoms with Crippen molar-refractivity contribution in [3.05, 3.63) is 35.4 Å². The maximum Gasteiger partial charge on any atom is 0.0391 e. The molecule has 1 aliphatic rings. The van der Waals surface area contributed by atoms with Crippen molar-refractivity contribution in [2.75, 3.05) is 0 Å². The highest BCUT2D eigenvalue weighted by atomic mass is 28.3. The minimum Gasteiger partial charge on any atom is -0.0717 e. The molecule has 2 unspecified atom stereocenters. The molecule has 0 heterocycles. The molecule has 0 amide bonds.